The van der Waals surface area contributed by atoms with Crippen LogP contribution in [0.5, 0.6) is 0 Å². The number of nitrogens with one attached hydrogen (secondary N) is 2. The average Bonchev–Trinajstić information content (AvgIpc) is 2.82. The van der Waals surface area contributed by atoms with Crippen LogP contribution in [-0.4, -0.2) is 103 Å². The van der Waals surface area contributed by atoms with Crippen LogP contribution in [0.25, 0.3) is 0 Å². The molecule has 1 fully saturated rings. The van der Waals surface area contributed by atoms with E-state index in [0.29, 0.717) is 46.0 Å². The summed E-state index contributed by atoms with van der Waals surface area (Å²) in [5, 5.41) is 5.40. The highest BCUT2D eigenvalue weighted by atomic mass is 16.5. The van der Waals surface area contributed by atoms with Crippen molar-refractivity contribution in [1.82, 2.24) is 15.5 Å². The molecule has 0 aromatic heterocycles. The number of ether oxygens (including phenoxy) is 4. The van der Waals surface area contributed by atoms with Crippen LogP contribution in [0, 0.1) is 0 Å². The molecule has 0 aliphatic carbocycles. The minimum absolute atomic E-state index is 0.0415. The summed E-state index contributed by atoms with van der Waals surface area (Å²) in [6.45, 7) is 10.2. The van der Waals surface area contributed by atoms with Crippen molar-refractivity contribution in [3.63, 3.8) is 0 Å². The molecule has 9 nitrogen and oxygen atoms in total. The van der Waals surface area contributed by atoms with Gasteiger partial charge in [-0.2, -0.15) is 0 Å². The van der Waals surface area contributed by atoms with E-state index < -0.39 is 0 Å². The Morgan fingerprint density at radius 2 is 1.62 bits per heavy atom. The number of methoxy groups -OCH3 is 1. The highest BCUT2D eigenvalue weighted by molar-refractivity contribution is 5.77. The molecule has 1 aliphatic heterocycles. The Balaban J connectivity index is 0.00000466. The van der Waals surface area contributed by atoms with Crippen molar-refractivity contribution in [2.45, 2.75) is 58.5 Å². The minimum Gasteiger partial charge on any atom is -0.382 e. The average molecular weight is 462 g/mol. The zero-order valence-electron chi connectivity index (χ0n) is 20.8. The second-order valence-corrected chi connectivity index (χ2v) is 7.40. The smallest absolute Gasteiger partial charge is 0.246 e. The van der Waals surface area contributed by atoms with E-state index >= 15 is 0 Å². The number of nitrogens with zero attached hydrogens (tertiary/aromatic N) is 1. The molecule has 0 bridgehead atoms. The summed E-state index contributed by atoms with van der Waals surface area (Å²) in [5.74, 6) is -0.0186. The Bertz CT molecular complexity index is 445. The molecule has 1 saturated heterocycles. The minimum atomic E-state index is -0.144. The fraction of sp³-hybridized carbons (Fsp3) is 0.913. The van der Waals surface area contributed by atoms with Gasteiger partial charge in [0.05, 0.1) is 39.1 Å². The maximum absolute atomic E-state index is 11.6. The van der Waals surface area contributed by atoms with Gasteiger partial charge in [0.1, 0.15) is 6.61 Å². The zero-order valence-corrected chi connectivity index (χ0v) is 20.8. The lowest BCUT2D eigenvalue weighted by atomic mass is 10.1. The van der Waals surface area contributed by atoms with Crippen molar-refractivity contribution >= 4 is 11.8 Å². The van der Waals surface area contributed by atoms with E-state index in [1.54, 1.807) is 14.2 Å². The first-order chi connectivity index (χ1) is 15.7. The molecule has 1 aliphatic rings. The van der Waals surface area contributed by atoms with Crippen LogP contribution in [0.4, 0.5) is 0 Å². The number of rotatable bonds is 18. The molecule has 0 radical (unpaired) electrons. The maximum Gasteiger partial charge on any atom is 0.246 e. The first-order valence-electron chi connectivity index (χ1n) is 12.1. The Hall–Kier alpha value is -1.26. The molecule has 0 aromatic carbocycles. The largest absolute Gasteiger partial charge is 0.382 e. The molecule has 0 atom stereocenters. The molecule has 190 valence electrons. The fourth-order valence-electron chi connectivity index (χ4n) is 3.22. The van der Waals surface area contributed by atoms with Crippen LogP contribution in [0.15, 0.2) is 0 Å². The van der Waals surface area contributed by atoms with E-state index in [-0.39, 0.29) is 24.5 Å². The normalized spacial score (nSPS) is 14.5. The van der Waals surface area contributed by atoms with Crippen molar-refractivity contribution in [2.24, 2.45) is 0 Å². The van der Waals surface area contributed by atoms with Gasteiger partial charge in [0, 0.05) is 40.2 Å². The Morgan fingerprint density at radius 1 is 0.906 bits per heavy atom. The number of amides is 2. The van der Waals surface area contributed by atoms with Gasteiger partial charge in [0.2, 0.25) is 11.8 Å². The summed E-state index contributed by atoms with van der Waals surface area (Å²) in [5.41, 5.74) is 0. The van der Waals surface area contributed by atoms with Crippen molar-refractivity contribution in [2.75, 3.05) is 80.0 Å². The Kier molecular flexibility index (Phi) is 22.0. The van der Waals surface area contributed by atoms with Gasteiger partial charge in [0.25, 0.3) is 0 Å². The second kappa shape index (κ2) is 22.9. The monoisotopic (exact) mass is 461 g/mol. The van der Waals surface area contributed by atoms with Crippen LogP contribution in [0.1, 0.15) is 52.4 Å². The predicted octanol–water partition coefficient (Wildman–Crippen LogP) is 1.60. The molecule has 2 N–H and O–H groups in total. The lowest BCUT2D eigenvalue weighted by molar-refractivity contribution is -0.127. The first kappa shape index (κ1) is 30.7. The first-order valence-corrected chi connectivity index (χ1v) is 12.1. The third kappa shape index (κ3) is 18.3. The standard InChI is InChI=1S/C21H41N3O6.C2H6/c1-22-20(25)6-4-3-5-10-24-11-7-19(8-12-24)30-17-16-29-18-21(26)23-9-13-28-15-14-27-2;1-2/h19H,3-18H2,1-2H3,(H,22,25)(H,23,26);1-2H3. The van der Waals surface area contributed by atoms with Crippen molar-refractivity contribution in [1.29, 1.82) is 0 Å². The highest BCUT2D eigenvalue weighted by Gasteiger charge is 2.19. The highest BCUT2D eigenvalue weighted by Crippen LogP contribution is 2.14. The van der Waals surface area contributed by atoms with Crippen LogP contribution in [0.3, 0.4) is 0 Å². The molecule has 2 amide bonds. The quantitative estimate of drug-likeness (QED) is 0.299. The summed E-state index contributed by atoms with van der Waals surface area (Å²) in [7, 11) is 3.30. The summed E-state index contributed by atoms with van der Waals surface area (Å²) >= 11 is 0. The van der Waals surface area contributed by atoms with Crippen LogP contribution < -0.4 is 10.6 Å². The molecule has 0 saturated carbocycles. The third-order valence-electron chi connectivity index (χ3n) is 5.01. The van der Waals surface area contributed by atoms with E-state index in [2.05, 4.69) is 15.5 Å². The maximum atomic E-state index is 11.6. The van der Waals surface area contributed by atoms with E-state index in [0.717, 1.165) is 51.7 Å². The molecule has 0 aromatic rings. The molecule has 0 unspecified atom stereocenters. The lowest BCUT2D eigenvalue weighted by Crippen LogP contribution is -2.38. The molecule has 1 heterocycles. The molecule has 9 heteroatoms. The summed E-state index contributed by atoms with van der Waals surface area (Å²) < 4.78 is 21.4. The van der Waals surface area contributed by atoms with Crippen LogP contribution in [-0.2, 0) is 28.5 Å². The zero-order chi connectivity index (χ0) is 23.9. The number of piperidine rings is 1. The number of unbranched alkanes of at least 4 members (excludes halogenated alkanes) is 2. The predicted molar refractivity (Wildman–Crippen MR) is 126 cm³/mol. The number of hydrogen-bond acceptors (Lipinski definition) is 7. The van der Waals surface area contributed by atoms with Gasteiger partial charge in [-0.1, -0.05) is 20.3 Å². The summed E-state index contributed by atoms with van der Waals surface area (Å²) in [4.78, 5) is 25.3. The van der Waals surface area contributed by atoms with E-state index in [1.807, 2.05) is 13.8 Å². The summed E-state index contributed by atoms with van der Waals surface area (Å²) in [6.07, 6.45) is 6.15. The van der Waals surface area contributed by atoms with Crippen LogP contribution in [0.2, 0.25) is 0 Å². The van der Waals surface area contributed by atoms with Crippen molar-refractivity contribution in [3.05, 3.63) is 0 Å². The molecular formula is C23H47N3O6. The third-order valence-corrected chi connectivity index (χ3v) is 5.01. The van der Waals surface area contributed by atoms with E-state index in [1.165, 1.54) is 0 Å². The number of carbonyl (C=O) groups excluding carboxylic acids is 2. The molecule has 32 heavy (non-hydrogen) atoms. The topological polar surface area (TPSA) is 98.4 Å². The number of hydrogen-bond donors (Lipinski definition) is 2. The number of carbonyl (C=O) groups is 2. The molecule has 1 rings (SSSR count). The van der Waals surface area contributed by atoms with E-state index in [9.17, 15) is 9.59 Å². The summed E-state index contributed by atoms with van der Waals surface area (Å²) in [6, 6.07) is 0. The van der Waals surface area contributed by atoms with Gasteiger partial charge in [-0.25, -0.2) is 0 Å². The van der Waals surface area contributed by atoms with Gasteiger partial charge >= 0.3 is 0 Å². The van der Waals surface area contributed by atoms with Gasteiger partial charge in [-0.3, -0.25) is 9.59 Å². The second-order valence-electron chi connectivity index (χ2n) is 7.40. The molecule has 0 spiro atoms. The Morgan fingerprint density at radius 3 is 2.31 bits per heavy atom. The van der Waals surface area contributed by atoms with Gasteiger partial charge < -0.3 is 34.5 Å². The van der Waals surface area contributed by atoms with Gasteiger partial charge in [0.15, 0.2) is 0 Å². The van der Waals surface area contributed by atoms with Crippen LogP contribution >= 0.6 is 0 Å². The lowest BCUT2D eigenvalue weighted by Gasteiger charge is -2.31. The van der Waals surface area contributed by atoms with E-state index in [4.69, 9.17) is 18.9 Å². The SMILES string of the molecule is CC.CNC(=O)CCCCCN1CCC(OCCOCC(=O)NCCOCCOC)CC1. The van der Waals surface area contributed by atoms with Crippen molar-refractivity contribution in [3.8, 4) is 0 Å². The Labute approximate surface area is 194 Å². The molecular weight excluding hydrogens is 414 g/mol. The van der Waals surface area contributed by atoms with Gasteiger partial charge in [-0.05, 0) is 32.2 Å². The fourth-order valence-corrected chi connectivity index (χ4v) is 3.22. The van der Waals surface area contributed by atoms with Crippen molar-refractivity contribution < 1.29 is 28.5 Å². The number of likely N-dealkylation sites (tertiary alicyclic amines) is 1. The van der Waals surface area contributed by atoms with Gasteiger partial charge in [-0.15, -0.1) is 0 Å².